The Labute approximate surface area is 183 Å². The van der Waals surface area contributed by atoms with Gasteiger partial charge in [0.1, 0.15) is 18.2 Å². The minimum absolute atomic E-state index is 0. The summed E-state index contributed by atoms with van der Waals surface area (Å²) in [4.78, 5) is 15.2. The Kier molecular flexibility index (Phi) is 8.42. The Balaban J connectivity index is 0.00000280. The number of methoxy groups -OCH3 is 1. The zero-order valence-electron chi connectivity index (χ0n) is 16.8. The number of nitrogens with one attached hydrogen (secondary N) is 2. The van der Waals surface area contributed by atoms with Crippen molar-refractivity contribution in [1.29, 1.82) is 0 Å². The van der Waals surface area contributed by atoms with E-state index in [9.17, 15) is 0 Å². The van der Waals surface area contributed by atoms with Crippen LogP contribution in [0.4, 0.5) is 5.82 Å². The van der Waals surface area contributed by atoms with Crippen molar-refractivity contribution in [2.24, 2.45) is 4.99 Å². The number of halogens is 1. The van der Waals surface area contributed by atoms with Crippen LogP contribution in [0.3, 0.4) is 0 Å². The van der Waals surface area contributed by atoms with Crippen molar-refractivity contribution >= 4 is 35.8 Å². The van der Waals surface area contributed by atoms with Gasteiger partial charge in [0.25, 0.3) is 0 Å². The van der Waals surface area contributed by atoms with Crippen LogP contribution in [0, 0.1) is 0 Å². The second kappa shape index (κ2) is 10.6. The number of nitrogens with zero attached hydrogens (tertiary/aromatic N) is 6. The summed E-state index contributed by atoms with van der Waals surface area (Å²) in [7, 11) is 7.41. The molecule has 3 heterocycles. The predicted molar refractivity (Wildman–Crippen MR) is 120 cm³/mol. The number of anilines is 1. The van der Waals surface area contributed by atoms with E-state index in [1.807, 2.05) is 35.9 Å². The zero-order chi connectivity index (χ0) is 19.2. The minimum atomic E-state index is 0. The number of ether oxygens (including phenoxy) is 1. The number of hydrogen-bond acceptors (Lipinski definition) is 6. The monoisotopic (exact) mass is 500 g/mol. The summed E-state index contributed by atoms with van der Waals surface area (Å²) in [5.41, 5.74) is 1.16. The van der Waals surface area contributed by atoms with Crippen LogP contribution in [0.15, 0.2) is 23.3 Å². The van der Waals surface area contributed by atoms with Crippen molar-refractivity contribution in [2.45, 2.75) is 38.6 Å². The number of fused-ring (bicyclic) bond motifs is 1. The molecule has 1 unspecified atom stereocenters. The van der Waals surface area contributed by atoms with Gasteiger partial charge in [-0.3, -0.25) is 4.99 Å². The Morgan fingerprint density at radius 1 is 1.43 bits per heavy atom. The molecule has 2 N–H and O–H groups in total. The Morgan fingerprint density at radius 3 is 2.96 bits per heavy atom. The van der Waals surface area contributed by atoms with Crippen molar-refractivity contribution < 1.29 is 4.74 Å². The first kappa shape index (κ1) is 22.3. The fourth-order valence-electron chi connectivity index (χ4n) is 3.06. The average molecular weight is 500 g/mol. The predicted octanol–water partition coefficient (Wildman–Crippen LogP) is 1.18. The molecule has 10 heteroatoms. The summed E-state index contributed by atoms with van der Waals surface area (Å²) in [5.74, 6) is 3.49. The van der Waals surface area contributed by atoms with E-state index in [1.165, 1.54) is 0 Å². The smallest absolute Gasteiger partial charge is 0.191 e. The SMILES string of the molecule is CN=C(NCc1ccnc(N(C)C)c1)NC1CCc2nc(COC)nn2C1.I. The van der Waals surface area contributed by atoms with Crippen molar-refractivity contribution in [3.63, 3.8) is 0 Å². The van der Waals surface area contributed by atoms with Crippen LogP contribution in [0.1, 0.15) is 23.6 Å². The van der Waals surface area contributed by atoms with Gasteiger partial charge >= 0.3 is 0 Å². The summed E-state index contributed by atoms with van der Waals surface area (Å²) >= 11 is 0. The molecule has 9 nitrogen and oxygen atoms in total. The van der Waals surface area contributed by atoms with Gasteiger partial charge in [-0.1, -0.05) is 0 Å². The molecular formula is C18H29IN8O. The molecule has 2 aromatic heterocycles. The van der Waals surface area contributed by atoms with Gasteiger partial charge in [-0.15, -0.1) is 24.0 Å². The van der Waals surface area contributed by atoms with Crippen molar-refractivity contribution in [1.82, 2.24) is 30.4 Å². The van der Waals surface area contributed by atoms with E-state index in [1.54, 1.807) is 14.2 Å². The lowest BCUT2D eigenvalue weighted by Crippen LogP contribution is -2.46. The summed E-state index contributed by atoms with van der Waals surface area (Å²) in [6, 6.07) is 4.34. The maximum Gasteiger partial charge on any atom is 0.191 e. The summed E-state index contributed by atoms with van der Waals surface area (Å²) < 4.78 is 7.09. The molecule has 2 aromatic rings. The molecule has 0 aromatic carbocycles. The van der Waals surface area contributed by atoms with Crippen molar-refractivity contribution in [3.05, 3.63) is 35.5 Å². The van der Waals surface area contributed by atoms with E-state index >= 15 is 0 Å². The Hall–Kier alpha value is -1.95. The normalized spacial score (nSPS) is 16.1. The second-order valence-electron chi connectivity index (χ2n) is 6.78. The zero-order valence-corrected chi connectivity index (χ0v) is 19.2. The highest BCUT2D eigenvalue weighted by atomic mass is 127. The number of guanidine groups is 1. The molecule has 0 aliphatic carbocycles. The van der Waals surface area contributed by atoms with Gasteiger partial charge in [0.2, 0.25) is 0 Å². The number of aliphatic imine (C=N–C) groups is 1. The van der Waals surface area contributed by atoms with E-state index in [-0.39, 0.29) is 30.0 Å². The van der Waals surface area contributed by atoms with Gasteiger partial charge in [-0.2, -0.15) is 5.10 Å². The molecule has 0 spiro atoms. The van der Waals surface area contributed by atoms with Crippen LogP contribution in [0.5, 0.6) is 0 Å². The van der Waals surface area contributed by atoms with Crippen molar-refractivity contribution in [2.75, 3.05) is 33.2 Å². The number of hydrogen-bond donors (Lipinski definition) is 2. The van der Waals surface area contributed by atoms with Gasteiger partial charge < -0.3 is 20.3 Å². The molecule has 1 atom stereocenters. The van der Waals surface area contributed by atoms with Crippen LogP contribution < -0.4 is 15.5 Å². The number of aromatic nitrogens is 4. The first-order valence-corrected chi connectivity index (χ1v) is 9.10. The molecule has 0 saturated carbocycles. The molecule has 0 bridgehead atoms. The molecule has 3 rings (SSSR count). The third-order valence-corrected chi connectivity index (χ3v) is 4.47. The van der Waals surface area contributed by atoms with Gasteiger partial charge in [0.15, 0.2) is 11.8 Å². The third kappa shape index (κ3) is 5.77. The highest BCUT2D eigenvalue weighted by molar-refractivity contribution is 14.0. The molecule has 1 aliphatic heterocycles. The first-order valence-electron chi connectivity index (χ1n) is 9.10. The molecule has 28 heavy (non-hydrogen) atoms. The Morgan fingerprint density at radius 2 is 2.25 bits per heavy atom. The summed E-state index contributed by atoms with van der Waals surface area (Å²) in [6.07, 6.45) is 3.71. The average Bonchev–Trinajstić information content (AvgIpc) is 3.07. The molecule has 0 amide bonds. The van der Waals surface area contributed by atoms with Gasteiger partial charge in [0, 0.05) is 53.5 Å². The lowest BCUT2D eigenvalue weighted by molar-refractivity contribution is 0.177. The quantitative estimate of drug-likeness (QED) is 0.350. The fraction of sp³-hybridized carbons (Fsp3) is 0.556. The Bertz CT molecular complexity index is 792. The van der Waals surface area contributed by atoms with Gasteiger partial charge in [0.05, 0.1) is 6.54 Å². The number of aryl methyl sites for hydroxylation is 1. The lowest BCUT2D eigenvalue weighted by Gasteiger charge is -2.25. The van der Waals surface area contributed by atoms with E-state index in [0.717, 1.165) is 48.4 Å². The van der Waals surface area contributed by atoms with Crippen LogP contribution in [-0.2, 0) is 30.9 Å². The van der Waals surface area contributed by atoms with Crippen LogP contribution >= 0.6 is 24.0 Å². The first-order chi connectivity index (χ1) is 13.1. The highest BCUT2D eigenvalue weighted by Crippen LogP contribution is 2.14. The summed E-state index contributed by atoms with van der Waals surface area (Å²) in [6.45, 7) is 1.90. The van der Waals surface area contributed by atoms with E-state index in [0.29, 0.717) is 13.2 Å². The largest absolute Gasteiger partial charge is 0.377 e. The number of pyridine rings is 1. The minimum Gasteiger partial charge on any atom is -0.377 e. The number of rotatable bonds is 6. The van der Waals surface area contributed by atoms with Gasteiger partial charge in [-0.25, -0.2) is 14.6 Å². The van der Waals surface area contributed by atoms with E-state index in [2.05, 4.69) is 36.8 Å². The molecular weight excluding hydrogens is 471 g/mol. The third-order valence-electron chi connectivity index (χ3n) is 4.47. The second-order valence-corrected chi connectivity index (χ2v) is 6.78. The lowest BCUT2D eigenvalue weighted by atomic mass is 10.1. The summed E-state index contributed by atoms with van der Waals surface area (Å²) in [5, 5.41) is 11.4. The van der Waals surface area contributed by atoms with Crippen LogP contribution in [0.2, 0.25) is 0 Å². The van der Waals surface area contributed by atoms with Crippen LogP contribution in [0.25, 0.3) is 0 Å². The van der Waals surface area contributed by atoms with E-state index in [4.69, 9.17) is 4.74 Å². The van der Waals surface area contributed by atoms with Crippen molar-refractivity contribution in [3.8, 4) is 0 Å². The molecule has 0 radical (unpaired) electrons. The maximum atomic E-state index is 5.12. The molecule has 1 aliphatic rings. The highest BCUT2D eigenvalue weighted by Gasteiger charge is 2.22. The van der Waals surface area contributed by atoms with Gasteiger partial charge in [-0.05, 0) is 24.1 Å². The fourth-order valence-corrected chi connectivity index (χ4v) is 3.06. The maximum absolute atomic E-state index is 5.12. The molecule has 0 fully saturated rings. The van der Waals surface area contributed by atoms with Crippen LogP contribution in [-0.4, -0.2) is 60.0 Å². The standard InChI is InChI=1S/C18H28N8O.HI/c1-19-18(21-10-13-7-8-20-17(9-13)25(2)3)22-14-5-6-16-23-15(12-27-4)24-26(16)11-14;/h7-9,14H,5-6,10-12H2,1-4H3,(H2,19,21,22);1H. The van der Waals surface area contributed by atoms with E-state index < -0.39 is 0 Å². The topological polar surface area (TPSA) is 92.5 Å². The molecule has 154 valence electrons. The molecule has 0 saturated heterocycles.